The fourth-order valence-electron chi connectivity index (χ4n) is 2.68. The highest BCUT2D eigenvalue weighted by atomic mass is 35.5. The molecule has 0 radical (unpaired) electrons. The Morgan fingerprint density at radius 2 is 1.75 bits per heavy atom. The second-order valence-electron chi connectivity index (χ2n) is 7.09. The first kappa shape index (κ1) is 23.7. The van der Waals surface area contributed by atoms with Crippen LogP contribution in [0.2, 0.25) is 5.02 Å². The molecule has 8 nitrogen and oxygen atoms in total. The Kier molecular flexibility index (Phi) is 7.84. The van der Waals surface area contributed by atoms with Gasteiger partial charge in [-0.05, 0) is 69.6 Å². The lowest BCUT2D eigenvalue weighted by atomic mass is 10.2. The first-order chi connectivity index (χ1) is 15.3. The third-order valence-electron chi connectivity index (χ3n) is 4.65. The average Bonchev–Trinajstić information content (AvgIpc) is 3.20. The number of halogens is 2. The van der Waals surface area contributed by atoms with Crippen LogP contribution in [0.5, 0.6) is 0 Å². The predicted molar refractivity (Wildman–Crippen MR) is 121 cm³/mol. The molecule has 1 heterocycles. The van der Waals surface area contributed by atoms with Crippen molar-refractivity contribution in [2.45, 2.75) is 18.1 Å². The predicted octanol–water partition coefficient (Wildman–Crippen LogP) is 3.24. The van der Waals surface area contributed by atoms with Gasteiger partial charge in [0.2, 0.25) is 5.91 Å². The molecule has 2 aromatic carbocycles. The van der Waals surface area contributed by atoms with Gasteiger partial charge >= 0.3 is 0 Å². The van der Waals surface area contributed by atoms with Gasteiger partial charge in [0.15, 0.2) is 11.0 Å². The Balaban J connectivity index is 1.68. The number of amides is 2. The van der Waals surface area contributed by atoms with Crippen LogP contribution < -0.4 is 10.9 Å². The minimum atomic E-state index is -0.547. The van der Waals surface area contributed by atoms with Gasteiger partial charge in [-0.15, -0.1) is 10.2 Å². The number of thioether (sulfide) groups is 1. The molecule has 3 aromatic rings. The Bertz CT molecular complexity index is 1090. The van der Waals surface area contributed by atoms with E-state index in [-0.39, 0.29) is 17.4 Å². The molecule has 2 amide bonds. The summed E-state index contributed by atoms with van der Waals surface area (Å²) in [7, 11) is 3.88. The molecule has 0 bridgehead atoms. The van der Waals surface area contributed by atoms with E-state index in [0.29, 0.717) is 16.0 Å². The summed E-state index contributed by atoms with van der Waals surface area (Å²) in [6.45, 7) is 2.00. The third kappa shape index (κ3) is 5.84. The molecule has 0 saturated carbocycles. The Labute approximate surface area is 194 Å². The second-order valence-corrected chi connectivity index (χ2v) is 8.47. The van der Waals surface area contributed by atoms with Gasteiger partial charge < -0.3 is 0 Å². The minimum absolute atomic E-state index is 0.00817. The van der Waals surface area contributed by atoms with Gasteiger partial charge in [-0.1, -0.05) is 23.4 Å². The molecular formula is C21H22ClFN6O2S. The maximum Gasteiger partial charge on any atom is 0.269 e. The molecule has 0 aliphatic heterocycles. The molecule has 0 aliphatic rings. The van der Waals surface area contributed by atoms with E-state index in [0.717, 1.165) is 5.69 Å². The number of nitrogens with one attached hydrogen (secondary N) is 2. The lowest BCUT2D eigenvalue weighted by Gasteiger charge is -2.20. The summed E-state index contributed by atoms with van der Waals surface area (Å²) in [6.07, 6.45) is 0. The zero-order valence-electron chi connectivity index (χ0n) is 17.7. The van der Waals surface area contributed by atoms with Gasteiger partial charge in [-0.25, -0.2) is 4.39 Å². The van der Waals surface area contributed by atoms with Crippen molar-refractivity contribution in [3.63, 3.8) is 0 Å². The van der Waals surface area contributed by atoms with Gasteiger partial charge in [0.25, 0.3) is 5.91 Å². The molecule has 0 spiro atoms. The average molecular weight is 477 g/mol. The number of nitrogens with zero attached hydrogens (tertiary/aromatic N) is 4. The molecule has 11 heteroatoms. The molecule has 0 fully saturated rings. The molecular weight excluding hydrogens is 455 g/mol. The Hall–Kier alpha value is -2.95. The zero-order valence-corrected chi connectivity index (χ0v) is 19.2. The van der Waals surface area contributed by atoms with Crippen molar-refractivity contribution in [1.29, 1.82) is 0 Å². The maximum absolute atomic E-state index is 13.0. The fraction of sp³-hybridized carbons (Fsp3) is 0.238. The zero-order chi connectivity index (χ0) is 23.3. The first-order valence-electron chi connectivity index (χ1n) is 9.61. The first-order valence-corrected chi connectivity index (χ1v) is 11.0. The van der Waals surface area contributed by atoms with E-state index in [1.54, 1.807) is 12.1 Å². The molecule has 0 unspecified atom stereocenters. The van der Waals surface area contributed by atoms with E-state index in [2.05, 4.69) is 21.0 Å². The molecule has 1 atom stereocenters. The van der Waals surface area contributed by atoms with Gasteiger partial charge in [0.05, 0.1) is 11.8 Å². The van der Waals surface area contributed by atoms with Crippen molar-refractivity contribution in [2.75, 3.05) is 19.8 Å². The maximum atomic E-state index is 13.0. The van der Waals surface area contributed by atoms with Gasteiger partial charge in [-0.2, -0.15) is 0 Å². The van der Waals surface area contributed by atoms with Crippen LogP contribution >= 0.6 is 23.4 Å². The van der Waals surface area contributed by atoms with Crippen LogP contribution in [0.15, 0.2) is 53.7 Å². The van der Waals surface area contributed by atoms with E-state index in [1.807, 2.05) is 42.6 Å². The van der Waals surface area contributed by atoms with E-state index in [4.69, 9.17) is 11.6 Å². The SMILES string of the molecule is C[C@H](c1nnc(SCC(=O)NNC(=O)c2ccc(F)cc2)n1-c1ccc(Cl)cc1)N(C)C. The molecule has 3 rings (SSSR count). The van der Waals surface area contributed by atoms with Crippen molar-refractivity contribution in [3.05, 3.63) is 70.8 Å². The summed E-state index contributed by atoms with van der Waals surface area (Å²) in [5, 5.41) is 9.71. The largest absolute Gasteiger partial charge is 0.300 e. The van der Waals surface area contributed by atoms with E-state index >= 15 is 0 Å². The summed E-state index contributed by atoms with van der Waals surface area (Å²) >= 11 is 7.20. The summed E-state index contributed by atoms with van der Waals surface area (Å²) < 4.78 is 14.8. The van der Waals surface area contributed by atoms with E-state index < -0.39 is 17.6 Å². The fourth-order valence-corrected chi connectivity index (χ4v) is 3.56. The Morgan fingerprint density at radius 1 is 1.09 bits per heavy atom. The topological polar surface area (TPSA) is 92.1 Å². The smallest absolute Gasteiger partial charge is 0.269 e. The van der Waals surface area contributed by atoms with Crippen LogP contribution in [0.1, 0.15) is 29.1 Å². The highest BCUT2D eigenvalue weighted by molar-refractivity contribution is 7.99. The summed E-state index contributed by atoms with van der Waals surface area (Å²) in [5.74, 6) is -0.723. The summed E-state index contributed by atoms with van der Waals surface area (Å²) in [5.41, 5.74) is 5.69. The number of hydrogen-bond acceptors (Lipinski definition) is 6. The molecule has 32 heavy (non-hydrogen) atoms. The number of carbonyl (C=O) groups excluding carboxylic acids is 2. The van der Waals surface area contributed by atoms with Crippen molar-refractivity contribution in [3.8, 4) is 5.69 Å². The van der Waals surface area contributed by atoms with E-state index in [1.165, 1.54) is 36.0 Å². The quantitative estimate of drug-likeness (QED) is 0.402. The standard InChI is InChI=1S/C21H22ClFN6O2S/c1-13(28(2)3)19-25-27-21(29(19)17-10-6-15(22)7-11-17)32-12-18(30)24-26-20(31)14-4-8-16(23)9-5-14/h4-11,13H,12H2,1-3H3,(H,24,30)(H,26,31)/t13-/m1/s1. The number of rotatable bonds is 7. The normalized spacial score (nSPS) is 11.9. The van der Waals surface area contributed by atoms with Crippen LogP contribution in [0.3, 0.4) is 0 Å². The summed E-state index contributed by atoms with van der Waals surface area (Å²) in [6, 6.07) is 12.2. The van der Waals surface area contributed by atoms with Crippen molar-refractivity contribution >= 4 is 35.2 Å². The van der Waals surface area contributed by atoms with Gasteiger partial charge in [0, 0.05) is 16.3 Å². The highest BCUT2D eigenvalue weighted by Gasteiger charge is 2.21. The number of hydrazine groups is 1. The van der Waals surface area contributed by atoms with Crippen molar-refractivity contribution in [2.24, 2.45) is 0 Å². The molecule has 2 N–H and O–H groups in total. The van der Waals surface area contributed by atoms with Crippen LogP contribution in [0.25, 0.3) is 5.69 Å². The van der Waals surface area contributed by atoms with Crippen LogP contribution in [-0.4, -0.2) is 51.3 Å². The van der Waals surface area contributed by atoms with E-state index in [9.17, 15) is 14.0 Å². The van der Waals surface area contributed by atoms with Crippen LogP contribution in [0.4, 0.5) is 4.39 Å². The Morgan fingerprint density at radius 3 is 2.38 bits per heavy atom. The number of carbonyl (C=O) groups is 2. The number of aromatic nitrogens is 3. The number of benzene rings is 2. The second kappa shape index (κ2) is 10.6. The van der Waals surface area contributed by atoms with Gasteiger partial charge in [0.1, 0.15) is 5.82 Å². The van der Waals surface area contributed by atoms with Crippen molar-refractivity contribution < 1.29 is 14.0 Å². The third-order valence-corrected chi connectivity index (χ3v) is 5.83. The molecule has 168 valence electrons. The lowest BCUT2D eigenvalue weighted by Crippen LogP contribution is -2.42. The van der Waals surface area contributed by atoms with Crippen molar-refractivity contribution in [1.82, 2.24) is 30.5 Å². The monoisotopic (exact) mass is 476 g/mol. The number of hydrogen-bond donors (Lipinski definition) is 2. The molecule has 0 aliphatic carbocycles. The molecule has 0 saturated heterocycles. The minimum Gasteiger partial charge on any atom is -0.300 e. The van der Waals surface area contributed by atoms with Gasteiger partial charge in [-0.3, -0.25) is 29.9 Å². The molecule has 1 aromatic heterocycles. The highest BCUT2D eigenvalue weighted by Crippen LogP contribution is 2.27. The summed E-state index contributed by atoms with van der Waals surface area (Å²) in [4.78, 5) is 26.3. The van der Waals surface area contributed by atoms with Crippen LogP contribution in [0, 0.1) is 5.82 Å². The van der Waals surface area contributed by atoms with Crippen LogP contribution in [-0.2, 0) is 4.79 Å². The lowest BCUT2D eigenvalue weighted by molar-refractivity contribution is -0.119.